The lowest BCUT2D eigenvalue weighted by atomic mass is 9.60. The molecule has 3 heterocycles. The van der Waals surface area contributed by atoms with Crippen molar-refractivity contribution < 1.29 is 5.11 Å². The van der Waals surface area contributed by atoms with Gasteiger partial charge in [-0.3, -0.25) is 0 Å². The summed E-state index contributed by atoms with van der Waals surface area (Å²) >= 11 is 0. The summed E-state index contributed by atoms with van der Waals surface area (Å²) in [6, 6.07) is 21.9. The third kappa shape index (κ3) is 3.14. The average molecular weight is 464 g/mol. The van der Waals surface area contributed by atoms with E-state index in [1.807, 2.05) is 54.6 Å². The molecule has 3 aromatic heterocycles. The van der Waals surface area contributed by atoms with E-state index in [0.717, 1.165) is 40.9 Å². The summed E-state index contributed by atoms with van der Waals surface area (Å²) in [7, 11) is 0. The number of anilines is 1. The molecule has 0 spiro atoms. The summed E-state index contributed by atoms with van der Waals surface area (Å²) in [6.45, 7) is 0. The molecular formula is C27H25N7O. The van der Waals surface area contributed by atoms with Crippen LogP contribution in [0.25, 0.3) is 39.3 Å². The Kier molecular flexibility index (Phi) is 4.14. The van der Waals surface area contributed by atoms with Crippen LogP contribution >= 0.6 is 0 Å². The molecular weight excluding hydrogens is 438 g/mol. The molecule has 2 aliphatic carbocycles. The van der Waals surface area contributed by atoms with Crippen LogP contribution in [0, 0.1) is 5.92 Å². The van der Waals surface area contributed by atoms with Crippen LogP contribution in [0.4, 0.5) is 5.95 Å². The van der Waals surface area contributed by atoms with E-state index in [0.29, 0.717) is 35.6 Å². The molecule has 0 unspecified atom stereocenters. The first kappa shape index (κ1) is 20.5. The molecule has 2 aromatic carbocycles. The normalized spacial score (nSPS) is 24.1. The number of hydrogen-bond donors (Lipinski definition) is 3. The van der Waals surface area contributed by atoms with Crippen molar-refractivity contribution in [2.45, 2.75) is 36.8 Å². The minimum absolute atomic E-state index is 0.274. The number of nitrogen functional groups attached to an aromatic ring is 1. The van der Waals surface area contributed by atoms with Gasteiger partial charge >= 0.3 is 0 Å². The molecule has 0 aliphatic heterocycles. The largest absolute Gasteiger partial charge is 0.389 e. The van der Waals surface area contributed by atoms with Gasteiger partial charge in [-0.2, -0.15) is 0 Å². The molecule has 5 aromatic rings. The lowest BCUT2D eigenvalue weighted by Gasteiger charge is -2.52. The summed E-state index contributed by atoms with van der Waals surface area (Å²) in [5, 5.41) is 18.9. The van der Waals surface area contributed by atoms with Crippen molar-refractivity contribution in [3.05, 3.63) is 72.3 Å². The van der Waals surface area contributed by atoms with Crippen LogP contribution in [0.15, 0.2) is 66.7 Å². The Hall–Kier alpha value is -3.88. The number of fused-ring (bicyclic) bond motifs is 3. The second-order valence-electron chi connectivity index (χ2n) is 10.0. The fourth-order valence-electron chi connectivity index (χ4n) is 5.62. The first-order chi connectivity index (χ1) is 16.9. The molecule has 7 rings (SSSR count). The monoisotopic (exact) mass is 463 g/mol. The van der Waals surface area contributed by atoms with E-state index in [9.17, 15) is 5.11 Å². The molecule has 0 amide bonds. The molecule has 2 saturated carbocycles. The fraction of sp³-hybridized carbons (Fsp3) is 0.259. The van der Waals surface area contributed by atoms with Crippen molar-refractivity contribution in [3.63, 3.8) is 0 Å². The third-order valence-corrected chi connectivity index (χ3v) is 7.58. The van der Waals surface area contributed by atoms with Gasteiger partial charge in [-0.05, 0) is 49.3 Å². The van der Waals surface area contributed by atoms with Gasteiger partial charge in [0.1, 0.15) is 5.52 Å². The standard InChI is InChI=1S/C27H25N7O/c28-25-33-32-21-13-12-20-24(34(21)25)31-23(16-4-2-1-3-5-16)22(30-20)17-6-8-18(9-7-17)26(29)14-27(35,15-26)19-10-11-19/h1-9,12-13,19,35H,10-11,14-15,29H2,(H2,28,33)/t26-,27-. The van der Waals surface area contributed by atoms with Crippen LogP contribution in [-0.4, -0.2) is 35.3 Å². The van der Waals surface area contributed by atoms with Crippen molar-refractivity contribution in [1.29, 1.82) is 0 Å². The molecule has 2 aliphatic rings. The first-order valence-corrected chi connectivity index (χ1v) is 11.9. The minimum Gasteiger partial charge on any atom is -0.389 e. The zero-order valence-electron chi connectivity index (χ0n) is 19.1. The smallest absolute Gasteiger partial charge is 0.228 e. The molecule has 35 heavy (non-hydrogen) atoms. The molecule has 5 N–H and O–H groups in total. The Morgan fingerprint density at radius 2 is 1.51 bits per heavy atom. The number of nitrogens with zero attached hydrogens (tertiary/aromatic N) is 5. The number of pyridine rings is 1. The van der Waals surface area contributed by atoms with E-state index in [-0.39, 0.29) is 5.95 Å². The highest BCUT2D eigenvalue weighted by atomic mass is 16.3. The molecule has 0 radical (unpaired) electrons. The number of nitrogens with two attached hydrogens (primary N) is 2. The van der Waals surface area contributed by atoms with Gasteiger partial charge < -0.3 is 16.6 Å². The van der Waals surface area contributed by atoms with Crippen LogP contribution in [0.2, 0.25) is 0 Å². The highest BCUT2D eigenvalue weighted by molar-refractivity contribution is 5.86. The van der Waals surface area contributed by atoms with E-state index >= 15 is 0 Å². The zero-order valence-corrected chi connectivity index (χ0v) is 19.1. The Labute approximate surface area is 201 Å². The van der Waals surface area contributed by atoms with Crippen molar-refractivity contribution >= 4 is 22.8 Å². The maximum absolute atomic E-state index is 10.8. The van der Waals surface area contributed by atoms with E-state index in [2.05, 4.69) is 22.3 Å². The van der Waals surface area contributed by atoms with Crippen LogP contribution in [0.5, 0.6) is 0 Å². The molecule has 0 atom stereocenters. The summed E-state index contributed by atoms with van der Waals surface area (Å²) in [4.78, 5) is 10.0. The van der Waals surface area contributed by atoms with Gasteiger partial charge in [-0.25, -0.2) is 14.4 Å². The summed E-state index contributed by atoms with van der Waals surface area (Å²) in [5.41, 5.74) is 18.1. The lowest BCUT2D eigenvalue weighted by Crippen LogP contribution is -2.60. The first-order valence-electron chi connectivity index (χ1n) is 11.9. The minimum atomic E-state index is -0.590. The predicted octanol–water partition coefficient (Wildman–Crippen LogP) is 3.68. The summed E-state index contributed by atoms with van der Waals surface area (Å²) in [6.07, 6.45) is 3.46. The molecule has 2 fully saturated rings. The zero-order chi connectivity index (χ0) is 23.8. The van der Waals surface area contributed by atoms with Gasteiger partial charge in [0.15, 0.2) is 11.3 Å². The predicted molar refractivity (Wildman–Crippen MR) is 134 cm³/mol. The highest BCUT2D eigenvalue weighted by Crippen LogP contribution is 2.57. The van der Waals surface area contributed by atoms with Crippen LogP contribution in [0.1, 0.15) is 31.2 Å². The molecule has 0 bridgehead atoms. The van der Waals surface area contributed by atoms with E-state index < -0.39 is 11.1 Å². The van der Waals surface area contributed by atoms with E-state index in [4.69, 9.17) is 21.4 Å². The second kappa shape index (κ2) is 7.07. The van der Waals surface area contributed by atoms with Crippen molar-refractivity contribution in [2.24, 2.45) is 11.7 Å². The maximum Gasteiger partial charge on any atom is 0.228 e. The van der Waals surface area contributed by atoms with E-state index in [1.54, 1.807) is 4.40 Å². The number of aliphatic hydroxyl groups is 1. The van der Waals surface area contributed by atoms with Gasteiger partial charge in [-0.15, -0.1) is 10.2 Å². The maximum atomic E-state index is 10.8. The van der Waals surface area contributed by atoms with Crippen molar-refractivity contribution in [1.82, 2.24) is 24.6 Å². The Balaban J connectivity index is 1.34. The fourth-order valence-corrected chi connectivity index (χ4v) is 5.62. The van der Waals surface area contributed by atoms with Crippen LogP contribution in [0.3, 0.4) is 0 Å². The average Bonchev–Trinajstić information content (AvgIpc) is 3.66. The molecule has 8 heteroatoms. The third-order valence-electron chi connectivity index (χ3n) is 7.58. The number of rotatable bonds is 4. The molecule has 8 nitrogen and oxygen atoms in total. The second-order valence-corrected chi connectivity index (χ2v) is 10.0. The van der Waals surface area contributed by atoms with Crippen molar-refractivity contribution in [2.75, 3.05) is 5.73 Å². The number of hydrogen-bond acceptors (Lipinski definition) is 7. The number of benzene rings is 2. The molecule has 0 saturated heterocycles. The van der Waals surface area contributed by atoms with Gasteiger partial charge in [0, 0.05) is 16.7 Å². The van der Waals surface area contributed by atoms with E-state index in [1.165, 1.54) is 0 Å². The van der Waals surface area contributed by atoms with Gasteiger partial charge in [0.2, 0.25) is 5.95 Å². The van der Waals surface area contributed by atoms with Crippen molar-refractivity contribution in [3.8, 4) is 22.5 Å². The quantitative estimate of drug-likeness (QED) is 0.371. The SMILES string of the molecule is Nc1nnc2ccc3nc(-c4ccc([C@]5(N)C[C@@](O)(C6CC6)C5)cc4)c(-c4ccccc4)nc3n12. The Morgan fingerprint density at radius 3 is 2.23 bits per heavy atom. The topological polar surface area (TPSA) is 128 Å². The lowest BCUT2D eigenvalue weighted by molar-refractivity contribution is -0.106. The summed E-state index contributed by atoms with van der Waals surface area (Å²) < 4.78 is 1.72. The van der Waals surface area contributed by atoms with Gasteiger partial charge in [0.25, 0.3) is 0 Å². The Morgan fingerprint density at radius 1 is 0.829 bits per heavy atom. The van der Waals surface area contributed by atoms with Gasteiger partial charge in [-0.1, -0.05) is 54.6 Å². The van der Waals surface area contributed by atoms with Crippen LogP contribution < -0.4 is 11.5 Å². The molecule has 174 valence electrons. The Bertz CT molecular complexity index is 1580. The highest BCUT2D eigenvalue weighted by Gasteiger charge is 2.58. The number of aromatic nitrogens is 5. The van der Waals surface area contributed by atoms with Gasteiger partial charge in [0.05, 0.1) is 17.0 Å². The van der Waals surface area contributed by atoms with Crippen LogP contribution in [-0.2, 0) is 5.54 Å². The summed E-state index contributed by atoms with van der Waals surface area (Å²) in [5.74, 6) is 0.696.